The Hall–Kier alpha value is -2.22. The molecule has 2 aromatic heterocycles. The average Bonchev–Trinajstić information content (AvgIpc) is 3.46. The number of rotatable bonds is 4. The number of ether oxygens (including phenoxy) is 1. The summed E-state index contributed by atoms with van der Waals surface area (Å²) in [4.78, 5) is 22.2. The number of carbonyl (C=O) groups excluding carboxylic acids is 1. The van der Waals surface area contributed by atoms with Gasteiger partial charge >= 0.3 is 0 Å². The van der Waals surface area contributed by atoms with E-state index in [2.05, 4.69) is 37.7 Å². The quantitative estimate of drug-likeness (QED) is 0.580. The molecular formula is C23H25N3O2S2. The van der Waals surface area contributed by atoms with Gasteiger partial charge in [-0.3, -0.25) is 9.69 Å². The highest BCUT2D eigenvalue weighted by atomic mass is 32.1. The summed E-state index contributed by atoms with van der Waals surface area (Å²) in [5, 5.41) is 7.28. The Kier molecular flexibility index (Phi) is 5.84. The topological polar surface area (TPSA) is 45.7 Å². The monoisotopic (exact) mass is 439 g/mol. The molecule has 2 atom stereocenters. The van der Waals surface area contributed by atoms with E-state index in [0.717, 1.165) is 48.7 Å². The summed E-state index contributed by atoms with van der Waals surface area (Å²) in [5.41, 5.74) is 2.31. The number of likely N-dealkylation sites (tertiary alicyclic amines) is 1. The Morgan fingerprint density at radius 2 is 2.13 bits per heavy atom. The number of nitrogens with zero attached hydrogens (tertiary/aromatic N) is 3. The van der Waals surface area contributed by atoms with Gasteiger partial charge in [-0.05, 0) is 42.2 Å². The molecule has 0 spiro atoms. The van der Waals surface area contributed by atoms with Crippen molar-refractivity contribution in [2.24, 2.45) is 0 Å². The first-order chi connectivity index (χ1) is 14.8. The summed E-state index contributed by atoms with van der Waals surface area (Å²) in [6.07, 6.45) is 4.99. The number of amides is 1. The molecule has 3 aromatic rings. The molecule has 0 saturated carbocycles. The molecule has 1 saturated heterocycles. The van der Waals surface area contributed by atoms with E-state index in [1.165, 1.54) is 5.56 Å². The molecule has 156 valence electrons. The molecule has 1 fully saturated rings. The fraction of sp³-hybridized carbons (Fsp3) is 0.391. The molecule has 1 aromatic carbocycles. The smallest absolute Gasteiger partial charge is 0.237 e. The first-order valence-electron chi connectivity index (χ1n) is 10.5. The standard InChI is InChI=1S/C23H25N3O2S2/c27-22(26-10-4-3-6-19(26)23-24-9-12-30-23)15-25-13-17-5-1-2-7-20(17)28-21(14-25)18-8-11-29-16-18/h1-2,5,7-9,11-12,16,19,21H,3-4,6,10,13-15H2. The van der Waals surface area contributed by atoms with Crippen molar-refractivity contribution in [1.82, 2.24) is 14.8 Å². The predicted molar refractivity (Wildman–Crippen MR) is 120 cm³/mol. The van der Waals surface area contributed by atoms with Crippen molar-refractivity contribution in [3.05, 3.63) is 68.8 Å². The van der Waals surface area contributed by atoms with Gasteiger partial charge in [-0.25, -0.2) is 4.98 Å². The minimum Gasteiger partial charge on any atom is -0.484 e. The number of carbonyl (C=O) groups is 1. The maximum absolute atomic E-state index is 13.4. The van der Waals surface area contributed by atoms with E-state index in [4.69, 9.17) is 4.74 Å². The van der Waals surface area contributed by atoms with E-state index in [9.17, 15) is 4.79 Å². The summed E-state index contributed by atoms with van der Waals surface area (Å²) in [7, 11) is 0. The van der Waals surface area contributed by atoms with Gasteiger partial charge in [0.2, 0.25) is 5.91 Å². The van der Waals surface area contributed by atoms with E-state index in [-0.39, 0.29) is 18.1 Å². The molecule has 0 aliphatic carbocycles. The maximum atomic E-state index is 13.4. The third-order valence-electron chi connectivity index (χ3n) is 5.89. The summed E-state index contributed by atoms with van der Waals surface area (Å²) in [5.74, 6) is 1.11. The zero-order chi connectivity index (χ0) is 20.3. The van der Waals surface area contributed by atoms with Gasteiger partial charge < -0.3 is 9.64 Å². The molecule has 2 aliphatic rings. The fourth-order valence-electron chi connectivity index (χ4n) is 4.40. The molecule has 0 radical (unpaired) electrons. The summed E-state index contributed by atoms with van der Waals surface area (Å²) in [6, 6.07) is 10.4. The van der Waals surface area contributed by atoms with Gasteiger partial charge in [0, 0.05) is 42.3 Å². The largest absolute Gasteiger partial charge is 0.484 e. The number of hydrogen-bond acceptors (Lipinski definition) is 6. The van der Waals surface area contributed by atoms with Gasteiger partial charge in [-0.15, -0.1) is 11.3 Å². The second-order valence-electron chi connectivity index (χ2n) is 7.91. The van der Waals surface area contributed by atoms with Gasteiger partial charge in [-0.2, -0.15) is 11.3 Å². The highest BCUT2D eigenvalue weighted by Crippen LogP contribution is 2.34. The van der Waals surface area contributed by atoms with Crippen LogP contribution in [0.25, 0.3) is 0 Å². The molecule has 0 bridgehead atoms. The zero-order valence-electron chi connectivity index (χ0n) is 16.8. The summed E-state index contributed by atoms with van der Waals surface area (Å²) in [6.45, 7) is 2.64. The van der Waals surface area contributed by atoms with Crippen LogP contribution < -0.4 is 4.74 Å². The Morgan fingerprint density at radius 1 is 1.20 bits per heavy atom. The van der Waals surface area contributed by atoms with E-state index in [1.807, 2.05) is 29.8 Å². The minimum absolute atomic E-state index is 0.0659. The first kappa shape index (κ1) is 19.7. The van der Waals surface area contributed by atoms with Crippen LogP contribution in [-0.2, 0) is 11.3 Å². The highest BCUT2D eigenvalue weighted by molar-refractivity contribution is 7.09. The molecule has 5 nitrogen and oxygen atoms in total. The molecule has 2 aliphatic heterocycles. The second kappa shape index (κ2) is 8.88. The van der Waals surface area contributed by atoms with Crippen molar-refractivity contribution in [2.45, 2.75) is 38.0 Å². The molecule has 30 heavy (non-hydrogen) atoms. The average molecular weight is 440 g/mol. The molecule has 4 heterocycles. The number of thiophene rings is 1. The molecule has 7 heteroatoms. The minimum atomic E-state index is -0.0659. The van der Waals surface area contributed by atoms with Crippen LogP contribution in [0.1, 0.15) is 47.5 Å². The first-order valence-corrected chi connectivity index (χ1v) is 12.3. The number of fused-ring (bicyclic) bond motifs is 1. The van der Waals surface area contributed by atoms with E-state index in [1.54, 1.807) is 22.7 Å². The van der Waals surface area contributed by atoms with E-state index in [0.29, 0.717) is 13.1 Å². The van der Waals surface area contributed by atoms with Crippen molar-refractivity contribution < 1.29 is 9.53 Å². The molecular weight excluding hydrogens is 414 g/mol. The Labute approximate surface area is 184 Å². The number of aromatic nitrogens is 1. The number of benzene rings is 1. The van der Waals surface area contributed by atoms with Crippen LogP contribution >= 0.6 is 22.7 Å². The van der Waals surface area contributed by atoms with Crippen LogP contribution in [0.4, 0.5) is 0 Å². The van der Waals surface area contributed by atoms with Crippen molar-refractivity contribution >= 4 is 28.6 Å². The molecule has 2 unspecified atom stereocenters. The number of thiazole rings is 1. The lowest BCUT2D eigenvalue weighted by Crippen LogP contribution is -2.44. The lowest BCUT2D eigenvalue weighted by Gasteiger charge is -2.36. The SMILES string of the molecule is O=C(CN1Cc2ccccc2OC(c2ccsc2)C1)N1CCCCC1c1nccs1. The Bertz CT molecular complexity index is 974. The van der Waals surface area contributed by atoms with Crippen LogP contribution in [0.3, 0.4) is 0 Å². The number of para-hydroxylation sites is 1. The fourth-order valence-corrected chi connectivity index (χ4v) is 5.89. The van der Waals surface area contributed by atoms with Gasteiger partial charge in [0.05, 0.1) is 12.6 Å². The third-order valence-corrected chi connectivity index (χ3v) is 7.47. The van der Waals surface area contributed by atoms with Crippen LogP contribution in [0.2, 0.25) is 0 Å². The van der Waals surface area contributed by atoms with Crippen LogP contribution in [0.5, 0.6) is 5.75 Å². The molecule has 1 amide bonds. The lowest BCUT2D eigenvalue weighted by atomic mass is 10.0. The normalized spacial score (nSPS) is 22.2. The van der Waals surface area contributed by atoms with Crippen LogP contribution in [-0.4, -0.2) is 40.3 Å². The van der Waals surface area contributed by atoms with Crippen molar-refractivity contribution in [3.8, 4) is 5.75 Å². The van der Waals surface area contributed by atoms with Crippen molar-refractivity contribution in [1.29, 1.82) is 0 Å². The van der Waals surface area contributed by atoms with Crippen LogP contribution in [0, 0.1) is 0 Å². The van der Waals surface area contributed by atoms with Crippen LogP contribution in [0.15, 0.2) is 52.7 Å². The lowest BCUT2D eigenvalue weighted by molar-refractivity contribution is -0.136. The zero-order valence-corrected chi connectivity index (χ0v) is 18.4. The van der Waals surface area contributed by atoms with Gasteiger partial charge in [0.15, 0.2) is 0 Å². The molecule has 5 rings (SSSR count). The van der Waals surface area contributed by atoms with Crippen molar-refractivity contribution in [2.75, 3.05) is 19.6 Å². The number of hydrogen-bond donors (Lipinski definition) is 0. The summed E-state index contributed by atoms with van der Waals surface area (Å²) < 4.78 is 6.37. The Morgan fingerprint density at radius 3 is 2.97 bits per heavy atom. The molecule has 0 N–H and O–H groups in total. The second-order valence-corrected chi connectivity index (χ2v) is 9.62. The van der Waals surface area contributed by atoms with E-state index < -0.39 is 0 Å². The highest BCUT2D eigenvalue weighted by Gasteiger charge is 2.32. The van der Waals surface area contributed by atoms with Gasteiger partial charge in [0.25, 0.3) is 0 Å². The van der Waals surface area contributed by atoms with Crippen molar-refractivity contribution in [3.63, 3.8) is 0 Å². The van der Waals surface area contributed by atoms with Gasteiger partial charge in [0.1, 0.15) is 16.9 Å². The third kappa shape index (κ3) is 4.15. The van der Waals surface area contributed by atoms with E-state index >= 15 is 0 Å². The Balaban J connectivity index is 1.36. The number of piperidine rings is 1. The summed E-state index contributed by atoms with van der Waals surface area (Å²) >= 11 is 3.33. The van der Waals surface area contributed by atoms with Gasteiger partial charge in [-0.1, -0.05) is 18.2 Å². The predicted octanol–water partition coefficient (Wildman–Crippen LogP) is 4.89. The maximum Gasteiger partial charge on any atom is 0.237 e.